The largest absolute Gasteiger partial charge is 0.397 e. The highest BCUT2D eigenvalue weighted by Crippen LogP contribution is 2.15. The van der Waals surface area contributed by atoms with Crippen molar-refractivity contribution in [1.82, 2.24) is 14.3 Å². The molecule has 0 atom stereocenters. The molecule has 0 radical (unpaired) electrons. The molecule has 1 fully saturated rings. The molecular weight excluding hydrogens is 224 g/mol. The number of aromatic nitrogens is 2. The maximum absolute atomic E-state index is 5.94. The quantitative estimate of drug-likeness (QED) is 0.897. The molecule has 0 unspecified atom stereocenters. The number of fused-ring (bicyclic) bond motifs is 1. The molecule has 1 aliphatic heterocycles. The van der Waals surface area contributed by atoms with Gasteiger partial charge in [0.1, 0.15) is 5.82 Å². The number of hydrogen-bond donors (Lipinski definition) is 1. The summed E-state index contributed by atoms with van der Waals surface area (Å²) in [5.41, 5.74) is 7.76. The molecule has 0 spiro atoms. The molecule has 0 aliphatic carbocycles. The van der Waals surface area contributed by atoms with Crippen LogP contribution in [0.2, 0.25) is 0 Å². The summed E-state index contributed by atoms with van der Waals surface area (Å²) in [4.78, 5) is 7.04. The molecule has 4 heteroatoms. The van der Waals surface area contributed by atoms with Crippen LogP contribution in [0.4, 0.5) is 5.69 Å². The standard InChI is InChI=1S/C14H20N4/c15-12-5-4-9-18-13(12)11-16-14(18)6-10-17-7-2-1-3-8-17/h4-5,9,11H,1-3,6-8,10,15H2. The van der Waals surface area contributed by atoms with E-state index in [9.17, 15) is 0 Å². The molecule has 0 saturated carbocycles. The van der Waals surface area contributed by atoms with E-state index < -0.39 is 0 Å². The van der Waals surface area contributed by atoms with Crippen LogP contribution < -0.4 is 5.73 Å². The fraction of sp³-hybridized carbons (Fsp3) is 0.500. The summed E-state index contributed by atoms with van der Waals surface area (Å²) in [6.45, 7) is 3.59. The third-order valence-electron chi connectivity index (χ3n) is 3.78. The van der Waals surface area contributed by atoms with Crippen LogP contribution in [-0.2, 0) is 6.42 Å². The first-order chi connectivity index (χ1) is 8.84. The molecule has 4 nitrogen and oxygen atoms in total. The van der Waals surface area contributed by atoms with E-state index >= 15 is 0 Å². The number of likely N-dealkylation sites (tertiary alicyclic amines) is 1. The zero-order valence-corrected chi connectivity index (χ0v) is 10.7. The van der Waals surface area contributed by atoms with Crippen LogP contribution in [0, 0.1) is 0 Å². The Bertz CT molecular complexity index is 526. The molecule has 2 N–H and O–H groups in total. The van der Waals surface area contributed by atoms with Crippen LogP contribution in [0.25, 0.3) is 5.52 Å². The summed E-state index contributed by atoms with van der Waals surface area (Å²) in [7, 11) is 0. The molecule has 2 aromatic rings. The fourth-order valence-electron chi connectivity index (χ4n) is 2.72. The number of pyridine rings is 1. The zero-order chi connectivity index (χ0) is 12.4. The van der Waals surface area contributed by atoms with E-state index in [0.717, 1.165) is 30.0 Å². The van der Waals surface area contributed by atoms with Crippen LogP contribution in [0.5, 0.6) is 0 Å². The summed E-state index contributed by atoms with van der Waals surface area (Å²) in [6, 6.07) is 3.90. The van der Waals surface area contributed by atoms with E-state index in [-0.39, 0.29) is 0 Å². The van der Waals surface area contributed by atoms with Crippen LogP contribution in [0.3, 0.4) is 0 Å². The molecule has 96 valence electrons. The second kappa shape index (κ2) is 4.98. The van der Waals surface area contributed by atoms with E-state index in [2.05, 4.69) is 14.3 Å². The average molecular weight is 244 g/mol. The van der Waals surface area contributed by atoms with Gasteiger partial charge in [-0.3, -0.25) is 0 Å². The topological polar surface area (TPSA) is 46.6 Å². The third-order valence-corrected chi connectivity index (χ3v) is 3.78. The predicted molar refractivity (Wildman–Crippen MR) is 73.6 cm³/mol. The summed E-state index contributed by atoms with van der Waals surface area (Å²) in [6.07, 6.45) is 8.99. The number of nitrogen functional groups attached to an aromatic ring is 1. The summed E-state index contributed by atoms with van der Waals surface area (Å²) in [5, 5.41) is 0. The fourth-order valence-corrected chi connectivity index (χ4v) is 2.72. The van der Waals surface area contributed by atoms with Gasteiger partial charge >= 0.3 is 0 Å². The molecule has 18 heavy (non-hydrogen) atoms. The van der Waals surface area contributed by atoms with Crippen molar-refractivity contribution >= 4 is 11.2 Å². The molecule has 0 bridgehead atoms. The predicted octanol–water partition coefficient (Wildman–Crippen LogP) is 1.94. The van der Waals surface area contributed by atoms with Crippen molar-refractivity contribution in [1.29, 1.82) is 0 Å². The first-order valence-corrected chi connectivity index (χ1v) is 6.77. The molecule has 1 saturated heterocycles. The van der Waals surface area contributed by atoms with Crippen LogP contribution in [0.1, 0.15) is 25.1 Å². The third kappa shape index (κ3) is 2.20. The first kappa shape index (κ1) is 11.5. The molecule has 0 amide bonds. The van der Waals surface area contributed by atoms with Gasteiger partial charge in [-0.2, -0.15) is 0 Å². The van der Waals surface area contributed by atoms with Gasteiger partial charge in [0.05, 0.1) is 17.4 Å². The van der Waals surface area contributed by atoms with Gasteiger partial charge in [0.15, 0.2) is 0 Å². The molecular formula is C14H20N4. The maximum atomic E-state index is 5.94. The van der Waals surface area contributed by atoms with Gasteiger partial charge in [0, 0.05) is 19.2 Å². The van der Waals surface area contributed by atoms with Crippen molar-refractivity contribution in [2.24, 2.45) is 0 Å². The summed E-state index contributed by atoms with van der Waals surface area (Å²) in [5.74, 6) is 1.11. The molecule has 2 aromatic heterocycles. The lowest BCUT2D eigenvalue weighted by Crippen LogP contribution is -2.31. The monoisotopic (exact) mass is 244 g/mol. The Balaban J connectivity index is 1.72. The SMILES string of the molecule is Nc1cccn2c(CCN3CCCCC3)ncc12. The molecule has 3 rings (SSSR count). The first-order valence-electron chi connectivity index (χ1n) is 6.77. The highest BCUT2D eigenvalue weighted by atomic mass is 15.1. The Hall–Kier alpha value is -1.55. The van der Waals surface area contributed by atoms with Crippen LogP contribution >= 0.6 is 0 Å². The molecule has 0 aromatic carbocycles. The Labute approximate surface area is 107 Å². The lowest BCUT2D eigenvalue weighted by atomic mass is 10.1. The van der Waals surface area contributed by atoms with Crippen molar-refractivity contribution < 1.29 is 0 Å². The Morgan fingerprint density at radius 1 is 1.22 bits per heavy atom. The highest BCUT2D eigenvalue weighted by molar-refractivity contribution is 5.68. The van der Waals surface area contributed by atoms with Gasteiger partial charge in [0.2, 0.25) is 0 Å². The van der Waals surface area contributed by atoms with Gasteiger partial charge in [-0.1, -0.05) is 6.42 Å². The van der Waals surface area contributed by atoms with Gasteiger partial charge in [-0.25, -0.2) is 4.98 Å². The Kier molecular flexibility index (Phi) is 3.19. The summed E-state index contributed by atoms with van der Waals surface area (Å²) < 4.78 is 2.11. The number of nitrogens with zero attached hydrogens (tertiary/aromatic N) is 3. The van der Waals surface area contributed by atoms with Gasteiger partial charge < -0.3 is 15.0 Å². The zero-order valence-electron chi connectivity index (χ0n) is 10.7. The average Bonchev–Trinajstić information content (AvgIpc) is 2.82. The highest BCUT2D eigenvalue weighted by Gasteiger charge is 2.11. The van der Waals surface area contributed by atoms with Crippen molar-refractivity contribution in [3.63, 3.8) is 0 Å². The number of rotatable bonds is 3. The van der Waals surface area contributed by atoms with Crippen molar-refractivity contribution in [2.45, 2.75) is 25.7 Å². The van der Waals surface area contributed by atoms with Gasteiger partial charge in [0.25, 0.3) is 0 Å². The Morgan fingerprint density at radius 3 is 2.89 bits per heavy atom. The van der Waals surface area contributed by atoms with E-state index in [4.69, 9.17) is 5.73 Å². The number of imidazole rings is 1. The van der Waals surface area contributed by atoms with E-state index in [1.807, 2.05) is 24.5 Å². The van der Waals surface area contributed by atoms with Crippen molar-refractivity contribution in [2.75, 3.05) is 25.4 Å². The lowest BCUT2D eigenvalue weighted by Gasteiger charge is -2.25. The number of nitrogens with two attached hydrogens (primary N) is 1. The van der Waals surface area contributed by atoms with E-state index in [0.29, 0.717) is 0 Å². The lowest BCUT2D eigenvalue weighted by molar-refractivity contribution is 0.230. The van der Waals surface area contributed by atoms with E-state index in [1.54, 1.807) is 0 Å². The minimum absolute atomic E-state index is 0.800. The van der Waals surface area contributed by atoms with Gasteiger partial charge in [-0.05, 0) is 38.1 Å². The maximum Gasteiger partial charge on any atom is 0.114 e. The minimum atomic E-state index is 0.800. The van der Waals surface area contributed by atoms with Crippen molar-refractivity contribution in [3.05, 3.63) is 30.4 Å². The Morgan fingerprint density at radius 2 is 2.06 bits per heavy atom. The number of hydrogen-bond acceptors (Lipinski definition) is 3. The van der Waals surface area contributed by atoms with Crippen molar-refractivity contribution in [3.8, 4) is 0 Å². The number of piperidine rings is 1. The van der Waals surface area contributed by atoms with Crippen LogP contribution in [-0.4, -0.2) is 33.9 Å². The number of anilines is 1. The second-order valence-corrected chi connectivity index (χ2v) is 5.05. The molecule has 1 aliphatic rings. The van der Waals surface area contributed by atoms with Gasteiger partial charge in [-0.15, -0.1) is 0 Å². The van der Waals surface area contributed by atoms with Crippen LogP contribution in [0.15, 0.2) is 24.5 Å². The normalized spacial score (nSPS) is 17.3. The molecule has 3 heterocycles. The minimum Gasteiger partial charge on any atom is -0.397 e. The van der Waals surface area contributed by atoms with E-state index in [1.165, 1.54) is 32.4 Å². The smallest absolute Gasteiger partial charge is 0.114 e. The second-order valence-electron chi connectivity index (χ2n) is 5.05. The summed E-state index contributed by atoms with van der Waals surface area (Å²) >= 11 is 0.